The number of imidazole rings is 1. The van der Waals surface area contributed by atoms with E-state index < -0.39 is 0 Å². The molecule has 2 aromatic heterocycles. The third-order valence-electron chi connectivity index (χ3n) is 6.05. The van der Waals surface area contributed by atoms with E-state index in [1.54, 1.807) is 12.3 Å². The van der Waals surface area contributed by atoms with Gasteiger partial charge in [0.1, 0.15) is 17.2 Å². The van der Waals surface area contributed by atoms with E-state index in [2.05, 4.69) is 31.7 Å². The number of H-pyrrole nitrogens is 2. The third-order valence-corrected chi connectivity index (χ3v) is 6.05. The number of rotatable bonds is 7. The van der Waals surface area contributed by atoms with Gasteiger partial charge >= 0.3 is 0 Å². The van der Waals surface area contributed by atoms with E-state index in [0.29, 0.717) is 23.5 Å². The van der Waals surface area contributed by atoms with Crippen molar-refractivity contribution < 1.29 is 5.11 Å². The quantitative estimate of drug-likeness (QED) is 0.293. The van der Waals surface area contributed by atoms with Gasteiger partial charge in [0.05, 0.1) is 29.4 Å². The van der Waals surface area contributed by atoms with Gasteiger partial charge < -0.3 is 25.7 Å². The molecule has 5 rings (SSSR count). The largest absolute Gasteiger partial charge is 0.394 e. The Balaban J connectivity index is 1.51. The monoisotopic (exact) mass is 456 g/mol. The Labute approximate surface area is 197 Å². The first-order valence-electron chi connectivity index (χ1n) is 11.5. The summed E-state index contributed by atoms with van der Waals surface area (Å²) in [6.07, 6.45) is 3.26. The van der Waals surface area contributed by atoms with Gasteiger partial charge in [-0.1, -0.05) is 30.3 Å². The highest BCUT2D eigenvalue weighted by atomic mass is 16.3. The molecule has 3 heterocycles. The minimum atomic E-state index is -0.254. The smallest absolute Gasteiger partial charge is 0.261 e. The van der Waals surface area contributed by atoms with Gasteiger partial charge in [-0.3, -0.25) is 9.79 Å². The molecular weight excluding hydrogens is 428 g/mol. The summed E-state index contributed by atoms with van der Waals surface area (Å²) < 4.78 is 0. The summed E-state index contributed by atoms with van der Waals surface area (Å²) in [5.74, 6) is 1.37. The lowest BCUT2D eigenvalue weighted by atomic mass is 10.1. The highest BCUT2D eigenvalue weighted by Gasteiger charge is 2.19. The van der Waals surface area contributed by atoms with Crippen LogP contribution in [-0.4, -0.2) is 51.6 Å². The number of aromatic amines is 2. The number of aliphatic hydroxyl groups excluding tert-OH is 1. The van der Waals surface area contributed by atoms with Crippen LogP contribution in [0.15, 0.2) is 64.5 Å². The molecule has 0 fully saturated rings. The molecule has 0 spiro atoms. The van der Waals surface area contributed by atoms with Crippen molar-refractivity contribution in [2.75, 3.05) is 25.0 Å². The molecule has 8 nitrogen and oxygen atoms in total. The zero-order chi connectivity index (χ0) is 23.5. The first-order valence-corrected chi connectivity index (χ1v) is 11.5. The molecule has 0 radical (unpaired) electrons. The molecule has 1 atom stereocenters. The number of fused-ring (bicyclic) bond motifs is 1. The Morgan fingerprint density at radius 3 is 2.79 bits per heavy atom. The fraction of sp³-hybridized carbons (Fsp3) is 0.269. The summed E-state index contributed by atoms with van der Waals surface area (Å²) in [7, 11) is 0. The highest BCUT2D eigenvalue weighted by Crippen LogP contribution is 2.27. The molecule has 1 aliphatic heterocycles. The number of amidine groups is 1. The van der Waals surface area contributed by atoms with E-state index in [-0.39, 0.29) is 18.2 Å². The summed E-state index contributed by atoms with van der Waals surface area (Å²) in [5, 5.41) is 16.7. The molecule has 174 valence electrons. The summed E-state index contributed by atoms with van der Waals surface area (Å²) in [6, 6.07) is 15.6. The number of hydrogen-bond donors (Lipinski definition) is 5. The van der Waals surface area contributed by atoms with Crippen LogP contribution in [-0.2, 0) is 6.42 Å². The van der Waals surface area contributed by atoms with Gasteiger partial charge in [0.15, 0.2) is 0 Å². The minimum absolute atomic E-state index is 0.0706. The molecule has 0 amide bonds. The summed E-state index contributed by atoms with van der Waals surface area (Å²) >= 11 is 0. The SMILES string of the molecule is Cc1cc(C2=NCCCN2)cc2[nH]c(-c3c(NC(CO)Cc4ccccc4)cc[nH]c3=O)nc12. The first-order chi connectivity index (χ1) is 16.6. The van der Waals surface area contributed by atoms with Crippen LogP contribution < -0.4 is 16.2 Å². The zero-order valence-corrected chi connectivity index (χ0v) is 19.1. The number of aliphatic imine (C=N–C) groups is 1. The maximum absolute atomic E-state index is 12.9. The molecule has 5 N–H and O–H groups in total. The molecule has 8 heteroatoms. The Bertz CT molecular complexity index is 1390. The van der Waals surface area contributed by atoms with Gasteiger partial charge in [-0.15, -0.1) is 0 Å². The number of anilines is 1. The lowest BCUT2D eigenvalue weighted by Gasteiger charge is -2.19. The molecule has 0 aliphatic carbocycles. The second-order valence-electron chi connectivity index (χ2n) is 8.59. The number of hydrogen-bond acceptors (Lipinski definition) is 6. The van der Waals surface area contributed by atoms with E-state index in [0.717, 1.165) is 53.1 Å². The van der Waals surface area contributed by atoms with E-state index in [9.17, 15) is 9.90 Å². The first kappa shape index (κ1) is 21.9. The van der Waals surface area contributed by atoms with Crippen molar-refractivity contribution >= 4 is 22.6 Å². The van der Waals surface area contributed by atoms with E-state index in [4.69, 9.17) is 4.98 Å². The molecule has 1 unspecified atom stereocenters. The Morgan fingerprint density at radius 2 is 2.03 bits per heavy atom. The second-order valence-corrected chi connectivity index (χ2v) is 8.59. The van der Waals surface area contributed by atoms with Crippen molar-refractivity contribution in [3.05, 3.63) is 81.8 Å². The Kier molecular flexibility index (Phi) is 6.14. The van der Waals surface area contributed by atoms with E-state index >= 15 is 0 Å². The standard InChI is InChI=1S/C26H28N6O2/c1-16-12-18(24-27-9-5-10-28-24)14-21-23(16)32-25(31-21)22-20(8-11-29-26(22)34)30-19(15-33)13-17-6-3-2-4-7-17/h2-4,6-8,11-12,14,19,33H,5,9-10,13,15H2,1H3,(H,27,28)(H,31,32)(H2,29,30,34). The van der Waals surface area contributed by atoms with E-state index in [1.165, 1.54) is 0 Å². The van der Waals surface area contributed by atoms with Gasteiger partial charge in [0.2, 0.25) is 0 Å². The number of nitrogens with one attached hydrogen (secondary N) is 4. The Morgan fingerprint density at radius 1 is 1.18 bits per heavy atom. The number of pyridine rings is 1. The van der Waals surface area contributed by atoms with Crippen LogP contribution in [0.4, 0.5) is 5.69 Å². The van der Waals surface area contributed by atoms with Crippen LogP contribution in [0.3, 0.4) is 0 Å². The van der Waals surface area contributed by atoms with Crippen LogP contribution in [0.2, 0.25) is 0 Å². The molecule has 2 aromatic carbocycles. The topological polar surface area (TPSA) is 118 Å². The summed E-state index contributed by atoms with van der Waals surface area (Å²) in [5.41, 5.74) is 5.55. The number of aromatic nitrogens is 3. The summed E-state index contributed by atoms with van der Waals surface area (Å²) in [6.45, 7) is 3.67. The van der Waals surface area contributed by atoms with Crippen molar-refractivity contribution in [1.29, 1.82) is 0 Å². The molecule has 0 bridgehead atoms. The van der Waals surface area contributed by atoms with E-state index in [1.807, 2.05) is 43.3 Å². The van der Waals surface area contributed by atoms with Crippen LogP contribution >= 0.6 is 0 Å². The fourth-order valence-electron chi connectivity index (χ4n) is 4.39. The number of aliphatic hydroxyl groups is 1. The lowest BCUT2D eigenvalue weighted by Crippen LogP contribution is -2.30. The molecule has 0 saturated carbocycles. The van der Waals surface area contributed by atoms with Crippen molar-refractivity contribution in [2.24, 2.45) is 4.99 Å². The molecular formula is C26H28N6O2. The molecule has 4 aromatic rings. The molecule has 0 saturated heterocycles. The molecule has 1 aliphatic rings. The maximum Gasteiger partial charge on any atom is 0.261 e. The summed E-state index contributed by atoms with van der Waals surface area (Å²) in [4.78, 5) is 28.4. The van der Waals surface area contributed by atoms with Crippen LogP contribution in [0, 0.1) is 6.92 Å². The average molecular weight is 457 g/mol. The predicted octanol–water partition coefficient (Wildman–Crippen LogP) is 2.98. The maximum atomic E-state index is 12.9. The highest BCUT2D eigenvalue weighted by molar-refractivity contribution is 6.02. The van der Waals surface area contributed by atoms with Gasteiger partial charge in [0, 0.05) is 24.8 Å². The third kappa shape index (κ3) is 4.45. The number of benzene rings is 2. The van der Waals surface area contributed by atoms with Crippen LogP contribution in [0.1, 0.15) is 23.1 Å². The van der Waals surface area contributed by atoms with Crippen molar-refractivity contribution in [3.63, 3.8) is 0 Å². The fourth-order valence-corrected chi connectivity index (χ4v) is 4.39. The van der Waals surface area contributed by atoms with Crippen molar-refractivity contribution in [3.8, 4) is 11.4 Å². The average Bonchev–Trinajstić information content (AvgIpc) is 3.29. The minimum Gasteiger partial charge on any atom is -0.394 e. The van der Waals surface area contributed by atoms with Crippen molar-refractivity contribution in [2.45, 2.75) is 25.8 Å². The number of aryl methyl sites for hydroxylation is 1. The van der Waals surface area contributed by atoms with Crippen LogP contribution in [0.25, 0.3) is 22.4 Å². The van der Waals surface area contributed by atoms with Gasteiger partial charge in [0.25, 0.3) is 5.56 Å². The van der Waals surface area contributed by atoms with Crippen LogP contribution in [0.5, 0.6) is 0 Å². The Hall–Kier alpha value is -3.91. The predicted molar refractivity (Wildman–Crippen MR) is 136 cm³/mol. The normalized spacial score (nSPS) is 14.5. The zero-order valence-electron chi connectivity index (χ0n) is 19.1. The van der Waals surface area contributed by atoms with Gasteiger partial charge in [-0.05, 0) is 49.1 Å². The van der Waals surface area contributed by atoms with Crippen molar-refractivity contribution in [1.82, 2.24) is 20.3 Å². The van der Waals surface area contributed by atoms with Gasteiger partial charge in [-0.25, -0.2) is 4.98 Å². The number of nitrogens with zero attached hydrogens (tertiary/aromatic N) is 2. The lowest BCUT2D eigenvalue weighted by molar-refractivity contribution is 0.274. The molecule has 34 heavy (non-hydrogen) atoms. The van der Waals surface area contributed by atoms with Gasteiger partial charge in [-0.2, -0.15) is 0 Å². The second kappa shape index (κ2) is 9.52.